The van der Waals surface area contributed by atoms with E-state index in [4.69, 9.17) is 20.3 Å². The molecule has 1 aromatic carbocycles. The van der Waals surface area contributed by atoms with Crippen LogP contribution in [-0.2, 0) is 19.2 Å². The summed E-state index contributed by atoms with van der Waals surface area (Å²) >= 11 is 0. The molecular formula is C21H28N2O8. The molecule has 0 aliphatic heterocycles. The van der Waals surface area contributed by atoms with Crippen LogP contribution < -0.4 is 20.5 Å². The number of methoxy groups -OCH3 is 2. The van der Waals surface area contributed by atoms with Gasteiger partial charge in [-0.05, 0) is 55.2 Å². The Labute approximate surface area is 180 Å². The fourth-order valence-corrected chi connectivity index (χ4v) is 2.88. The number of amides is 1. The second-order valence-corrected chi connectivity index (χ2v) is 6.96. The second kappa shape index (κ2) is 11.7. The maximum absolute atomic E-state index is 12.2. The number of aryl methyl sites for hydroxylation is 1. The van der Waals surface area contributed by atoms with E-state index in [1.807, 2.05) is 0 Å². The molecule has 0 aliphatic carbocycles. The van der Waals surface area contributed by atoms with E-state index in [1.54, 1.807) is 19.1 Å². The number of aliphatic carboxylic acids is 2. The predicted molar refractivity (Wildman–Crippen MR) is 112 cm³/mol. The van der Waals surface area contributed by atoms with E-state index in [9.17, 15) is 24.3 Å². The highest BCUT2D eigenvalue weighted by atomic mass is 16.5. The van der Waals surface area contributed by atoms with Crippen LogP contribution in [-0.4, -0.2) is 60.1 Å². The quantitative estimate of drug-likeness (QED) is 0.376. The summed E-state index contributed by atoms with van der Waals surface area (Å²) in [4.78, 5) is 46.5. The van der Waals surface area contributed by atoms with E-state index < -0.39 is 29.9 Å². The van der Waals surface area contributed by atoms with E-state index in [0.29, 0.717) is 28.2 Å². The average Bonchev–Trinajstić information content (AvgIpc) is 2.69. The molecule has 1 amide bonds. The predicted octanol–water partition coefficient (Wildman–Crippen LogP) is 1.14. The van der Waals surface area contributed by atoms with E-state index >= 15 is 0 Å². The summed E-state index contributed by atoms with van der Waals surface area (Å²) in [7, 11) is 2.93. The minimum absolute atomic E-state index is 0.0823. The lowest BCUT2D eigenvalue weighted by atomic mass is 9.94. The van der Waals surface area contributed by atoms with Crippen molar-refractivity contribution in [3.05, 3.63) is 29.3 Å². The molecule has 0 saturated carbocycles. The number of carboxylic acid groups (broad SMARTS) is 2. The van der Waals surface area contributed by atoms with E-state index in [-0.39, 0.29) is 25.0 Å². The fraction of sp³-hybridized carbons (Fsp3) is 0.429. The zero-order valence-corrected chi connectivity index (χ0v) is 17.9. The lowest BCUT2D eigenvalue weighted by Gasteiger charge is -2.18. The number of benzene rings is 1. The van der Waals surface area contributed by atoms with Crippen LogP contribution in [0.25, 0.3) is 5.57 Å². The highest BCUT2D eigenvalue weighted by Gasteiger charge is 2.24. The summed E-state index contributed by atoms with van der Waals surface area (Å²) < 4.78 is 10.5. The number of allylic oxidation sites excluding steroid dienone is 1. The summed E-state index contributed by atoms with van der Waals surface area (Å²) in [6.07, 6.45) is 0.704. The standard InChI is InChI=1S/C21H28N2O8/c1-11-7-17(30-3)18(31-4)10-14(11)13(8-12(2)24)9-16(21(28)29)23-20(27)15(22)5-6-19(25)26/h7,9-10,15-16H,5-6,8,22H2,1-4H3,(H,23,27)(H,25,26)(H,28,29). The number of hydrogen-bond acceptors (Lipinski definition) is 7. The first-order valence-corrected chi connectivity index (χ1v) is 9.43. The number of carbonyl (C=O) groups is 4. The molecule has 10 nitrogen and oxygen atoms in total. The number of nitrogens with two attached hydrogens (primary N) is 1. The van der Waals surface area contributed by atoms with Crippen LogP contribution in [0.1, 0.15) is 37.3 Å². The van der Waals surface area contributed by atoms with Gasteiger partial charge in [-0.3, -0.25) is 14.4 Å². The Morgan fingerprint density at radius 1 is 1.13 bits per heavy atom. The number of ether oxygens (including phenoxy) is 2. The van der Waals surface area contributed by atoms with Gasteiger partial charge in [-0.15, -0.1) is 0 Å². The minimum atomic E-state index is -1.48. The van der Waals surface area contributed by atoms with Crippen molar-refractivity contribution in [2.75, 3.05) is 14.2 Å². The molecule has 0 bridgehead atoms. The van der Waals surface area contributed by atoms with Crippen LogP contribution in [0, 0.1) is 6.92 Å². The Hall–Kier alpha value is -3.40. The van der Waals surface area contributed by atoms with Crippen LogP contribution in [0.2, 0.25) is 0 Å². The van der Waals surface area contributed by atoms with Gasteiger partial charge in [-0.25, -0.2) is 4.79 Å². The lowest BCUT2D eigenvalue weighted by Crippen LogP contribution is -2.47. The molecule has 31 heavy (non-hydrogen) atoms. The molecule has 0 spiro atoms. The van der Waals surface area contributed by atoms with Crippen LogP contribution in [0.5, 0.6) is 11.5 Å². The molecule has 2 atom stereocenters. The van der Waals surface area contributed by atoms with Crippen molar-refractivity contribution in [2.24, 2.45) is 5.73 Å². The zero-order valence-electron chi connectivity index (χ0n) is 17.9. The average molecular weight is 436 g/mol. The lowest BCUT2D eigenvalue weighted by molar-refractivity contribution is -0.141. The third-order valence-electron chi connectivity index (χ3n) is 4.45. The Balaban J connectivity index is 3.33. The molecule has 0 saturated heterocycles. The highest BCUT2D eigenvalue weighted by molar-refractivity contribution is 5.93. The van der Waals surface area contributed by atoms with Crippen LogP contribution in [0.4, 0.5) is 0 Å². The number of Topliss-reactive ketones (excluding diaryl/α,β-unsaturated/α-hetero) is 1. The van der Waals surface area contributed by atoms with Gasteiger partial charge >= 0.3 is 11.9 Å². The molecule has 0 heterocycles. The third-order valence-corrected chi connectivity index (χ3v) is 4.45. The van der Waals surface area contributed by atoms with Crippen molar-refractivity contribution >= 4 is 29.2 Å². The summed E-state index contributed by atoms with van der Waals surface area (Å²) in [5.41, 5.74) is 7.30. The number of rotatable bonds is 12. The van der Waals surface area contributed by atoms with E-state index in [2.05, 4.69) is 5.32 Å². The first-order chi connectivity index (χ1) is 14.5. The number of ketones is 1. The molecule has 1 rings (SSSR count). The molecule has 2 unspecified atom stereocenters. The monoisotopic (exact) mass is 436 g/mol. The van der Waals surface area contributed by atoms with E-state index in [0.717, 1.165) is 0 Å². The van der Waals surface area contributed by atoms with Crippen LogP contribution in [0.15, 0.2) is 18.2 Å². The summed E-state index contributed by atoms with van der Waals surface area (Å²) in [6, 6.07) is 0.649. The number of nitrogens with one attached hydrogen (secondary N) is 1. The van der Waals surface area contributed by atoms with Crippen LogP contribution in [0.3, 0.4) is 0 Å². The molecular weight excluding hydrogens is 408 g/mol. The first kappa shape index (κ1) is 25.6. The van der Waals surface area contributed by atoms with E-state index in [1.165, 1.54) is 27.2 Å². The molecule has 0 fully saturated rings. The maximum atomic E-state index is 12.2. The van der Waals surface area contributed by atoms with Crippen LogP contribution >= 0.6 is 0 Å². The molecule has 10 heteroatoms. The number of carbonyl (C=O) groups excluding carboxylic acids is 2. The number of carboxylic acids is 2. The molecule has 5 N–H and O–H groups in total. The van der Waals surface area contributed by atoms with Crippen molar-refractivity contribution in [3.8, 4) is 11.5 Å². The van der Waals surface area contributed by atoms with Crippen molar-refractivity contribution in [1.29, 1.82) is 0 Å². The van der Waals surface area contributed by atoms with Crippen molar-refractivity contribution in [1.82, 2.24) is 5.32 Å². The van der Waals surface area contributed by atoms with Gasteiger partial charge in [-0.1, -0.05) is 0 Å². The minimum Gasteiger partial charge on any atom is -0.493 e. The maximum Gasteiger partial charge on any atom is 0.330 e. The second-order valence-electron chi connectivity index (χ2n) is 6.96. The van der Waals surface area contributed by atoms with Crippen molar-refractivity contribution in [2.45, 2.75) is 45.2 Å². The Bertz CT molecular complexity index is 878. The third kappa shape index (κ3) is 7.74. The summed E-state index contributed by atoms with van der Waals surface area (Å²) in [5, 5.41) is 20.6. The Morgan fingerprint density at radius 3 is 2.19 bits per heavy atom. The summed E-state index contributed by atoms with van der Waals surface area (Å²) in [5.74, 6) is -2.64. The topological polar surface area (TPSA) is 165 Å². The van der Waals surface area contributed by atoms with Crippen molar-refractivity contribution < 1.29 is 38.9 Å². The van der Waals surface area contributed by atoms with Crippen molar-refractivity contribution in [3.63, 3.8) is 0 Å². The smallest absolute Gasteiger partial charge is 0.330 e. The van der Waals surface area contributed by atoms with Gasteiger partial charge in [0.1, 0.15) is 11.8 Å². The fourth-order valence-electron chi connectivity index (χ4n) is 2.88. The molecule has 1 aromatic rings. The first-order valence-electron chi connectivity index (χ1n) is 9.43. The Morgan fingerprint density at radius 2 is 1.71 bits per heavy atom. The van der Waals surface area contributed by atoms with Gasteiger partial charge in [-0.2, -0.15) is 0 Å². The highest BCUT2D eigenvalue weighted by Crippen LogP contribution is 2.34. The van der Waals surface area contributed by atoms with Gasteiger partial charge in [0, 0.05) is 12.8 Å². The molecule has 170 valence electrons. The van der Waals surface area contributed by atoms with Gasteiger partial charge < -0.3 is 30.7 Å². The zero-order chi connectivity index (χ0) is 23.7. The largest absolute Gasteiger partial charge is 0.493 e. The number of hydrogen-bond donors (Lipinski definition) is 4. The Kier molecular flexibility index (Phi) is 9.68. The van der Waals surface area contributed by atoms with Gasteiger partial charge in [0.05, 0.1) is 20.3 Å². The molecule has 0 aromatic heterocycles. The van der Waals surface area contributed by atoms with Gasteiger partial charge in [0.2, 0.25) is 5.91 Å². The molecule has 0 aliphatic rings. The normalized spacial score (nSPS) is 13.1. The van der Waals surface area contributed by atoms with Gasteiger partial charge in [0.15, 0.2) is 11.5 Å². The molecule has 0 radical (unpaired) electrons. The SMILES string of the molecule is COc1cc(C)c(C(=CC(NC(=O)C(N)CCC(=O)O)C(=O)O)CC(C)=O)cc1OC. The van der Waals surface area contributed by atoms with Gasteiger partial charge in [0.25, 0.3) is 0 Å². The summed E-state index contributed by atoms with van der Waals surface area (Å²) in [6.45, 7) is 3.13.